The Morgan fingerprint density at radius 3 is 2.43 bits per heavy atom. The first-order valence-electron chi connectivity index (χ1n) is 10.3. The lowest BCUT2D eigenvalue weighted by Crippen LogP contribution is -3.11. The van der Waals surface area contributed by atoms with Crippen LogP contribution in [0.25, 0.3) is 0 Å². The van der Waals surface area contributed by atoms with Crippen LogP contribution in [0, 0.1) is 0 Å². The quantitative estimate of drug-likeness (QED) is 0.771. The van der Waals surface area contributed by atoms with Crippen molar-refractivity contribution in [3.05, 3.63) is 54.0 Å². The first kappa shape index (κ1) is 20.5. The van der Waals surface area contributed by atoms with Gasteiger partial charge in [0, 0.05) is 12.8 Å². The van der Waals surface area contributed by atoms with Gasteiger partial charge >= 0.3 is 0 Å². The van der Waals surface area contributed by atoms with Crippen molar-refractivity contribution in [3.63, 3.8) is 0 Å². The van der Waals surface area contributed by atoms with Crippen molar-refractivity contribution in [2.24, 2.45) is 0 Å². The molecule has 28 heavy (non-hydrogen) atoms. The zero-order valence-electron chi connectivity index (χ0n) is 17.5. The van der Waals surface area contributed by atoms with E-state index in [0.717, 1.165) is 18.8 Å². The molecule has 3 rings (SSSR count). The molecule has 2 heterocycles. The molecule has 152 valence electrons. The van der Waals surface area contributed by atoms with Crippen molar-refractivity contribution in [1.82, 2.24) is 5.32 Å². The van der Waals surface area contributed by atoms with E-state index in [1.807, 2.05) is 24.3 Å². The summed E-state index contributed by atoms with van der Waals surface area (Å²) < 4.78 is 11.5. The number of rotatable bonds is 7. The first-order chi connectivity index (χ1) is 13.3. The average molecular weight is 386 g/mol. The Kier molecular flexibility index (Phi) is 6.45. The lowest BCUT2D eigenvalue weighted by atomic mass is 9.87. The molecule has 1 fully saturated rings. The Balaban J connectivity index is 1.55. The summed E-state index contributed by atoms with van der Waals surface area (Å²) in [4.78, 5) is 14.1. The van der Waals surface area contributed by atoms with Gasteiger partial charge < -0.3 is 19.4 Å². The predicted molar refractivity (Wildman–Crippen MR) is 110 cm³/mol. The van der Waals surface area contributed by atoms with Gasteiger partial charge in [0.15, 0.2) is 17.9 Å². The van der Waals surface area contributed by atoms with E-state index in [9.17, 15) is 4.79 Å². The number of likely N-dealkylation sites (tertiary alicyclic amines) is 1. The van der Waals surface area contributed by atoms with Gasteiger partial charge in [0.1, 0.15) is 5.75 Å². The van der Waals surface area contributed by atoms with Crippen LogP contribution in [0.2, 0.25) is 0 Å². The zero-order chi connectivity index (χ0) is 20.1. The van der Waals surface area contributed by atoms with Crippen molar-refractivity contribution in [1.29, 1.82) is 0 Å². The molecule has 2 N–H and O–H groups in total. The summed E-state index contributed by atoms with van der Waals surface area (Å²) in [7, 11) is 0. The second kappa shape index (κ2) is 8.82. The van der Waals surface area contributed by atoms with Crippen LogP contribution in [0.3, 0.4) is 0 Å². The van der Waals surface area contributed by atoms with Crippen molar-refractivity contribution >= 4 is 5.91 Å². The fraction of sp³-hybridized carbons (Fsp3) is 0.522. The Morgan fingerprint density at radius 1 is 1.18 bits per heavy atom. The lowest BCUT2D eigenvalue weighted by Gasteiger charge is -2.24. The summed E-state index contributed by atoms with van der Waals surface area (Å²) >= 11 is 0. The SMILES string of the molecule is C[C@@H](Oc1ccc(C(C)(C)C)cc1)C(=O)NC[C@H](c1ccco1)[NH+]1CCCC1. The summed E-state index contributed by atoms with van der Waals surface area (Å²) in [5, 5.41) is 3.06. The minimum absolute atomic E-state index is 0.0975. The Labute approximate surface area is 168 Å². The van der Waals surface area contributed by atoms with Gasteiger partial charge in [-0.1, -0.05) is 32.9 Å². The van der Waals surface area contributed by atoms with Gasteiger partial charge in [0.05, 0.1) is 25.9 Å². The Morgan fingerprint density at radius 2 is 1.86 bits per heavy atom. The van der Waals surface area contributed by atoms with Crippen molar-refractivity contribution in [3.8, 4) is 5.75 Å². The maximum atomic E-state index is 12.6. The molecule has 0 spiro atoms. The van der Waals surface area contributed by atoms with E-state index in [0.29, 0.717) is 12.3 Å². The van der Waals surface area contributed by atoms with Crippen LogP contribution in [-0.4, -0.2) is 31.6 Å². The van der Waals surface area contributed by atoms with Crippen LogP contribution in [0.1, 0.15) is 57.9 Å². The highest BCUT2D eigenvalue weighted by atomic mass is 16.5. The zero-order valence-corrected chi connectivity index (χ0v) is 17.5. The van der Waals surface area contributed by atoms with Crippen LogP contribution >= 0.6 is 0 Å². The number of furan rings is 1. The maximum absolute atomic E-state index is 12.6. The molecule has 0 bridgehead atoms. The minimum atomic E-state index is -0.550. The van der Waals surface area contributed by atoms with E-state index in [1.165, 1.54) is 23.3 Å². The molecular formula is C23H33N2O3+. The van der Waals surface area contributed by atoms with Crippen LogP contribution < -0.4 is 15.0 Å². The highest BCUT2D eigenvalue weighted by Crippen LogP contribution is 2.24. The van der Waals surface area contributed by atoms with Crippen molar-refractivity contribution in [2.45, 2.75) is 58.1 Å². The Hall–Kier alpha value is -2.27. The average Bonchev–Trinajstić information content (AvgIpc) is 3.36. The number of hydrogen-bond acceptors (Lipinski definition) is 3. The monoisotopic (exact) mass is 385 g/mol. The maximum Gasteiger partial charge on any atom is 0.261 e. The molecule has 2 atom stereocenters. The minimum Gasteiger partial charge on any atom is -0.481 e. The molecule has 0 saturated carbocycles. The van der Waals surface area contributed by atoms with E-state index in [2.05, 4.69) is 38.2 Å². The summed E-state index contributed by atoms with van der Waals surface area (Å²) in [6.45, 7) is 11.1. The second-order valence-corrected chi connectivity index (χ2v) is 8.71. The van der Waals surface area contributed by atoms with Gasteiger partial charge in [-0.2, -0.15) is 0 Å². The topological polar surface area (TPSA) is 55.9 Å². The third-order valence-electron chi connectivity index (χ3n) is 5.51. The highest BCUT2D eigenvalue weighted by molar-refractivity contribution is 5.80. The molecule has 1 amide bonds. The number of carbonyl (C=O) groups excluding carboxylic acids is 1. The molecule has 0 radical (unpaired) electrons. The predicted octanol–water partition coefficient (Wildman–Crippen LogP) is 2.88. The molecule has 1 aliphatic rings. The molecule has 1 aliphatic heterocycles. The first-order valence-corrected chi connectivity index (χ1v) is 10.3. The van der Waals surface area contributed by atoms with E-state index >= 15 is 0 Å². The second-order valence-electron chi connectivity index (χ2n) is 8.71. The summed E-state index contributed by atoms with van der Waals surface area (Å²) in [5.41, 5.74) is 1.34. The lowest BCUT2D eigenvalue weighted by molar-refractivity contribution is -0.919. The van der Waals surface area contributed by atoms with Crippen molar-refractivity contribution in [2.75, 3.05) is 19.6 Å². The summed E-state index contributed by atoms with van der Waals surface area (Å²) in [6.07, 6.45) is 3.60. The fourth-order valence-electron chi connectivity index (χ4n) is 3.75. The molecule has 0 aliphatic carbocycles. The number of carbonyl (C=O) groups is 1. The summed E-state index contributed by atoms with van der Waals surface area (Å²) in [5.74, 6) is 1.54. The van der Waals surface area contributed by atoms with Gasteiger partial charge in [-0.3, -0.25) is 4.79 Å². The van der Waals surface area contributed by atoms with E-state index < -0.39 is 6.10 Å². The number of amides is 1. The van der Waals surface area contributed by atoms with Crippen LogP contribution in [0.4, 0.5) is 0 Å². The number of nitrogens with one attached hydrogen (secondary N) is 2. The molecular weight excluding hydrogens is 352 g/mol. The largest absolute Gasteiger partial charge is 0.481 e. The number of quaternary nitrogens is 1. The standard InChI is InChI=1S/C23H32N2O3/c1-17(28-19-11-9-18(10-12-19)23(2,3)4)22(26)24-16-20(21-8-7-15-27-21)25-13-5-6-14-25/h7-12,15,17,20H,5-6,13-14,16H2,1-4H3,(H,24,26)/p+1/t17-,20-/m1/s1. The van der Waals surface area contributed by atoms with E-state index in [4.69, 9.17) is 9.15 Å². The number of benzene rings is 1. The fourth-order valence-corrected chi connectivity index (χ4v) is 3.75. The number of hydrogen-bond donors (Lipinski definition) is 2. The normalized spacial score (nSPS) is 17.3. The molecule has 1 aromatic heterocycles. The van der Waals surface area contributed by atoms with Gasteiger partial charge in [0.25, 0.3) is 5.91 Å². The van der Waals surface area contributed by atoms with Gasteiger partial charge in [0.2, 0.25) is 0 Å². The third kappa shape index (κ3) is 5.16. The van der Waals surface area contributed by atoms with Crippen molar-refractivity contribution < 1.29 is 18.8 Å². The van der Waals surface area contributed by atoms with Gasteiger partial charge in [-0.15, -0.1) is 0 Å². The van der Waals surface area contributed by atoms with Crippen LogP contribution in [-0.2, 0) is 10.2 Å². The molecule has 1 saturated heterocycles. The molecule has 2 aromatic rings. The van der Waals surface area contributed by atoms with E-state index in [1.54, 1.807) is 13.2 Å². The molecule has 0 unspecified atom stereocenters. The molecule has 5 nitrogen and oxygen atoms in total. The molecule has 1 aromatic carbocycles. The van der Waals surface area contributed by atoms with Gasteiger partial charge in [-0.25, -0.2) is 0 Å². The highest BCUT2D eigenvalue weighted by Gasteiger charge is 2.30. The smallest absolute Gasteiger partial charge is 0.261 e. The van der Waals surface area contributed by atoms with Crippen LogP contribution in [0.5, 0.6) is 5.75 Å². The molecule has 5 heteroatoms. The van der Waals surface area contributed by atoms with E-state index in [-0.39, 0.29) is 17.4 Å². The number of ether oxygens (including phenoxy) is 1. The Bertz CT molecular complexity index is 741. The van der Waals surface area contributed by atoms with Crippen LogP contribution in [0.15, 0.2) is 47.1 Å². The third-order valence-corrected chi connectivity index (χ3v) is 5.51. The summed E-state index contributed by atoms with van der Waals surface area (Å²) in [6, 6.07) is 12.0. The van der Waals surface area contributed by atoms with Gasteiger partial charge in [-0.05, 0) is 42.2 Å².